The molecule has 1 aromatic carbocycles. The Hall–Kier alpha value is -1.46. The van der Waals surface area contributed by atoms with Crippen molar-refractivity contribution in [3.05, 3.63) is 52.5 Å². The number of rotatable bonds is 3. The van der Waals surface area contributed by atoms with Crippen LogP contribution < -0.4 is 4.74 Å². The molecule has 88 valence electrons. The molecule has 2 aromatic rings. The maximum Gasteiger partial charge on any atom is 0.166 e. The highest BCUT2D eigenvalue weighted by molar-refractivity contribution is 9.10. The van der Waals surface area contributed by atoms with Crippen molar-refractivity contribution in [2.45, 2.75) is 6.61 Å². The van der Waals surface area contributed by atoms with Gasteiger partial charge in [0.2, 0.25) is 0 Å². The van der Waals surface area contributed by atoms with Crippen LogP contribution in [0.5, 0.6) is 11.5 Å². The number of aliphatic hydroxyl groups is 1. The van der Waals surface area contributed by atoms with Gasteiger partial charge in [0.15, 0.2) is 11.6 Å². The first-order valence-corrected chi connectivity index (χ1v) is 5.66. The zero-order valence-corrected chi connectivity index (χ0v) is 10.3. The number of hydrogen-bond acceptors (Lipinski definition) is 3. The summed E-state index contributed by atoms with van der Waals surface area (Å²) in [5, 5.41) is 9.09. The monoisotopic (exact) mass is 297 g/mol. The van der Waals surface area contributed by atoms with Gasteiger partial charge in [0, 0.05) is 22.4 Å². The number of hydrogen-bond donors (Lipinski definition) is 1. The lowest BCUT2D eigenvalue weighted by atomic mass is 10.2. The van der Waals surface area contributed by atoms with E-state index in [2.05, 4.69) is 20.9 Å². The van der Waals surface area contributed by atoms with Crippen LogP contribution in [0.1, 0.15) is 5.56 Å². The van der Waals surface area contributed by atoms with Gasteiger partial charge in [0.05, 0.1) is 6.61 Å². The predicted octanol–water partition coefficient (Wildman–Crippen LogP) is 3.27. The van der Waals surface area contributed by atoms with Crippen LogP contribution in [0, 0.1) is 5.82 Å². The molecule has 0 fully saturated rings. The average Bonchev–Trinajstić information content (AvgIpc) is 2.33. The van der Waals surface area contributed by atoms with Crippen molar-refractivity contribution in [3.63, 3.8) is 0 Å². The average molecular weight is 298 g/mol. The van der Waals surface area contributed by atoms with Crippen molar-refractivity contribution < 1.29 is 14.2 Å². The van der Waals surface area contributed by atoms with Crippen LogP contribution in [0.4, 0.5) is 4.39 Å². The van der Waals surface area contributed by atoms with E-state index in [4.69, 9.17) is 9.84 Å². The molecule has 17 heavy (non-hydrogen) atoms. The van der Waals surface area contributed by atoms with Gasteiger partial charge in [-0.3, -0.25) is 4.98 Å². The normalized spacial score (nSPS) is 10.3. The molecule has 0 saturated carbocycles. The van der Waals surface area contributed by atoms with E-state index in [1.165, 1.54) is 24.5 Å². The molecule has 0 aliphatic carbocycles. The molecule has 0 spiro atoms. The fourth-order valence-corrected chi connectivity index (χ4v) is 1.64. The van der Waals surface area contributed by atoms with Gasteiger partial charge in [-0.05, 0) is 24.3 Å². The summed E-state index contributed by atoms with van der Waals surface area (Å²) in [7, 11) is 0. The van der Waals surface area contributed by atoms with Gasteiger partial charge in [-0.25, -0.2) is 4.39 Å². The fourth-order valence-electron chi connectivity index (χ4n) is 1.31. The van der Waals surface area contributed by atoms with Crippen LogP contribution >= 0.6 is 15.9 Å². The van der Waals surface area contributed by atoms with E-state index in [1.807, 2.05) is 0 Å². The lowest BCUT2D eigenvalue weighted by Gasteiger charge is -2.09. The van der Waals surface area contributed by atoms with Gasteiger partial charge < -0.3 is 9.84 Å². The van der Waals surface area contributed by atoms with E-state index in [1.54, 1.807) is 12.1 Å². The lowest BCUT2D eigenvalue weighted by molar-refractivity contribution is 0.275. The quantitative estimate of drug-likeness (QED) is 0.945. The first kappa shape index (κ1) is 12.0. The Bertz CT molecular complexity index is 534. The second kappa shape index (κ2) is 5.25. The first-order valence-electron chi connectivity index (χ1n) is 4.87. The topological polar surface area (TPSA) is 42.4 Å². The molecule has 0 radical (unpaired) electrons. The van der Waals surface area contributed by atoms with Crippen molar-refractivity contribution >= 4 is 15.9 Å². The molecule has 1 N–H and O–H groups in total. The smallest absolute Gasteiger partial charge is 0.166 e. The number of halogens is 2. The van der Waals surface area contributed by atoms with Crippen LogP contribution in [-0.2, 0) is 6.61 Å². The third kappa shape index (κ3) is 2.81. The molecule has 1 aromatic heterocycles. The maximum atomic E-state index is 13.5. The Balaban J connectivity index is 2.31. The van der Waals surface area contributed by atoms with Crippen molar-refractivity contribution in [1.82, 2.24) is 4.98 Å². The van der Waals surface area contributed by atoms with E-state index >= 15 is 0 Å². The van der Waals surface area contributed by atoms with E-state index in [0.717, 1.165) is 0 Å². The van der Waals surface area contributed by atoms with Gasteiger partial charge in [0.1, 0.15) is 5.75 Å². The van der Waals surface area contributed by atoms with E-state index in [9.17, 15) is 4.39 Å². The molecule has 0 unspecified atom stereocenters. The SMILES string of the molecule is OCc1cnccc1Oc1ccc(Br)cc1F. The second-order valence-corrected chi connectivity index (χ2v) is 4.23. The molecule has 0 atom stereocenters. The molecule has 3 nitrogen and oxygen atoms in total. The summed E-state index contributed by atoms with van der Waals surface area (Å²) in [4.78, 5) is 3.85. The molecule has 0 amide bonds. The lowest BCUT2D eigenvalue weighted by Crippen LogP contribution is -1.94. The van der Waals surface area contributed by atoms with Crippen LogP contribution in [0.25, 0.3) is 0 Å². The van der Waals surface area contributed by atoms with Crippen LogP contribution in [0.3, 0.4) is 0 Å². The third-order valence-corrected chi connectivity index (χ3v) is 2.64. The van der Waals surface area contributed by atoms with Gasteiger partial charge in [-0.1, -0.05) is 15.9 Å². The molecule has 2 rings (SSSR count). The standard InChI is InChI=1S/C12H9BrFNO2/c13-9-1-2-12(10(14)5-9)17-11-3-4-15-6-8(11)7-16/h1-6,16H,7H2. The summed E-state index contributed by atoms with van der Waals surface area (Å²) in [6.07, 6.45) is 3.00. The van der Waals surface area contributed by atoms with Crippen molar-refractivity contribution in [2.24, 2.45) is 0 Å². The predicted molar refractivity (Wildman–Crippen MR) is 64.3 cm³/mol. The Kier molecular flexibility index (Phi) is 3.71. The van der Waals surface area contributed by atoms with E-state index in [-0.39, 0.29) is 12.4 Å². The number of aromatic nitrogens is 1. The summed E-state index contributed by atoms with van der Waals surface area (Å²) < 4.78 is 19.6. The minimum absolute atomic E-state index is 0.106. The van der Waals surface area contributed by atoms with E-state index in [0.29, 0.717) is 15.8 Å². The molecule has 0 aliphatic heterocycles. The maximum absolute atomic E-state index is 13.5. The molecule has 1 heterocycles. The summed E-state index contributed by atoms with van der Waals surface area (Å²) in [6, 6.07) is 6.08. The van der Waals surface area contributed by atoms with Crippen molar-refractivity contribution in [1.29, 1.82) is 0 Å². The van der Waals surface area contributed by atoms with Crippen LogP contribution in [0.2, 0.25) is 0 Å². The Labute approximate surface area is 106 Å². The summed E-state index contributed by atoms with van der Waals surface area (Å²) in [6.45, 7) is -0.207. The van der Waals surface area contributed by atoms with Crippen LogP contribution in [-0.4, -0.2) is 10.1 Å². The highest BCUT2D eigenvalue weighted by atomic mass is 79.9. The first-order chi connectivity index (χ1) is 8.20. The molecule has 0 bridgehead atoms. The Morgan fingerprint density at radius 3 is 2.82 bits per heavy atom. The third-order valence-electron chi connectivity index (χ3n) is 2.14. The summed E-state index contributed by atoms with van der Waals surface area (Å²) >= 11 is 3.16. The van der Waals surface area contributed by atoms with Crippen molar-refractivity contribution in [2.75, 3.05) is 0 Å². The van der Waals surface area contributed by atoms with Gasteiger partial charge in [-0.2, -0.15) is 0 Å². The number of benzene rings is 1. The highest BCUT2D eigenvalue weighted by Crippen LogP contribution is 2.28. The molecular formula is C12H9BrFNO2. The molecule has 0 aliphatic rings. The molecule has 5 heteroatoms. The minimum atomic E-state index is -0.472. The number of ether oxygens (including phenoxy) is 1. The number of nitrogens with zero attached hydrogens (tertiary/aromatic N) is 1. The minimum Gasteiger partial charge on any atom is -0.454 e. The zero-order chi connectivity index (χ0) is 12.3. The summed E-state index contributed by atoms with van der Waals surface area (Å²) in [5.41, 5.74) is 0.509. The zero-order valence-electron chi connectivity index (χ0n) is 8.73. The largest absolute Gasteiger partial charge is 0.454 e. The Morgan fingerprint density at radius 2 is 2.12 bits per heavy atom. The fraction of sp³-hybridized carbons (Fsp3) is 0.0833. The van der Waals surface area contributed by atoms with Gasteiger partial charge >= 0.3 is 0 Å². The number of pyridine rings is 1. The highest BCUT2D eigenvalue weighted by Gasteiger charge is 2.08. The van der Waals surface area contributed by atoms with Gasteiger partial charge in [0.25, 0.3) is 0 Å². The molecule has 0 saturated heterocycles. The van der Waals surface area contributed by atoms with Gasteiger partial charge in [-0.15, -0.1) is 0 Å². The van der Waals surface area contributed by atoms with Crippen molar-refractivity contribution in [3.8, 4) is 11.5 Å². The number of aliphatic hydroxyl groups excluding tert-OH is 1. The Morgan fingerprint density at radius 1 is 1.29 bits per heavy atom. The van der Waals surface area contributed by atoms with E-state index < -0.39 is 5.82 Å². The summed E-state index contributed by atoms with van der Waals surface area (Å²) in [5.74, 6) is 0.0258. The molecular weight excluding hydrogens is 289 g/mol. The van der Waals surface area contributed by atoms with Crippen LogP contribution in [0.15, 0.2) is 41.1 Å². The second-order valence-electron chi connectivity index (χ2n) is 3.32.